The van der Waals surface area contributed by atoms with Crippen molar-refractivity contribution in [3.8, 4) is 0 Å². The van der Waals surface area contributed by atoms with E-state index >= 15 is 0 Å². The van der Waals surface area contributed by atoms with E-state index in [4.69, 9.17) is 11.6 Å². The molecule has 1 saturated heterocycles. The lowest BCUT2D eigenvalue weighted by Gasteiger charge is -2.25. The predicted octanol–water partition coefficient (Wildman–Crippen LogP) is 2.08. The van der Waals surface area contributed by atoms with Crippen LogP contribution in [0.15, 0.2) is 18.2 Å². The van der Waals surface area contributed by atoms with Crippen LogP contribution >= 0.6 is 11.6 Å². The molecule has 1 aliphatic heterocycles. The van der Waals surface area contributed by atoms with Crippen LogP contribution in [0.1, 0.15) is 31.7 Å². The monoisotopic (exact) mass is 355 g/mol. The molecule has 1 aliphatic rings. The van der Waals surface area contributed by atoms with Gasteiger partial charge in [-0.15, -0.1) is 0 Å². The lowest BCUT2D eigenvalue weighted by atomic mass is 10.1. The Labute approximate surface area is 146 Å². The van der Waals surface area contributed by atoms with Crippen LogP contribution in [0.25, 0.3) is 0 Å². The maximum Gasteiger partial charge on any atom is 0.221 e. The molecule has 0 aromatic heterocycles. The lowest BCUT2D eigenvalue weighted by Crippen LogP contribution is -2.42. The number of nitrogens with zero attached hydrogens (tertiary/aromatic N) is 1. The van der Waals surface area contributed by atoms with Gasteiger partial charge in [-0.05, 0) is 32.0 Å². The van der Waals surface area contributed by atoms with E-state index in [0.29, 0.717) is 23.6 Å². The number of likely N-dealkylation sites (tertiary alicyclic amines) is 1. The number of hydrogen-bond donors (Lipinski definition) is 2. The maximum atomic E-state index is 13.7. The van der Waals surface area contributed by atoms with Crippen molar-refractivity contribution in [2.24, 2.45) is 0 Å². The second-order valence-corrected chi connectivity index (χ2v) is 6.58. The number of halogens is 2. The van der Waals surface area contributed by atoms with Crippen molar-refractivity contribution in [2.45, 2.75) is 44.8 Å². The fourth-order valence-corrected chi connectivity index (χ4v) is 3.25. The van der Waals surface area contributed by atoms with Gasteiger partial charge in [0.1, 0.15) is 5.82 Å². The van der Waals surface area contributed by atoms with Crippen molar-refractivity contribution in [3.63, 3.8) is 0 Å². The molecule has 2 rings (SSSR count). The highest BCUT2D eigenvalue weighted by molar-refractivity contribution is 6.31. The minimum atomic E-state index is -0.420. The van der Waals surface area contributed by atoms with Crippen LogP contribution in [0.2, 0.25) is 5.02 Å². The van der Waals surface area contributed by atoms with E-state index in [1.807, 2.05) is 7.05 Å². The van der Waals surface area contributed by atoms with Crippen LogP contribution in [0.4, 0.5) is 4.39 Å². The molecule has 0 aliphatic carbocycles. The fraction of sp³-hybridized carbons (Fsp3) is 0.529. The van der Waals surface area contributed by atoms with Crippen LogP contribution in [-0.4, -0.2) is 42.4 Å². The molecule has 24 heavy (non-hydrogen) atoms. The van der Waals surface area contributed by atoms with Gasteiger partial charge < -0.3 is 10.6 Å². The van der Waals surface area contributed by atoms with Crippen molar-refractivity contribution in [2.75, 3.05) is 13.6 Å². The Morgan fingerprint density at radius 1 is 1.29 bits per heavy atom. The Balaban J connectivity index is 1.81. The molecule has 7 heteroatoms. The minimum absolute atomic E-state index is 0.0497. The summed E-state index contributed by atoms with van der Waals surface area (Å²) in [5.41, 5.74) is 0.302. The first-order valence-corrected chi connectivity index (χ1v) is 8.42. The third-order valence-corrected chi connectivity index (χ3v) is 4.87. The largest absolute Gasteiger partial charge is 0.355 e. The Morgan fingerprint density at radius 3 is 2.67 bits per heavy atom. The van der Waals surface area contributed by atoms with Gasteiger partial charge in [0.15, 0.2) is 0 Å². The standard InChI is InChI=1S/C17H23ClFN3O2/c1-11(23)20-9-13-7-6-12(22(13)2)8-17(24)21-10-14-15(18)4-3-5-16(14)19/h3-5,12-13H,6-10H2,1-2H3,(H,20,23)(H,21,24)/t12-,13+/m0/s1. The zero-order valence-corrected chi connectivity index (χ0v) is 14.7. The van der Waals surface area contributed by atoms with Crippen molar-refractivity contribution < 1.29 is 14.0 Å². The molecule has 1 aromatic carbocycles. The van der Waals surface area contributed by atoms with Crippen LogP contribution in [-0.2, 0) is 16.1 Å². The molecule has 132 valence electrons. The maximum absolute atomic E-state index is 13.7. The van der Waals surface area contributed by atoms with Gasteiger partial charge in [-0.3, -0.25) is 14.5 Å². The number of likely N-dealkylation sites (N-methyl/N-ethyl adjacent to an activating group) is 1. The lowest BCUT2D eigenvalue weighted by molar-refractivity contribution is -0.122. The molecule has 2 atom stereocenters. The summed E-state index contributed by atoms with van der Waals surface area (Å²) in [5, 5.41) is 5.86. The number of hydrogen-bond acceptors (Lipinski definition) is 3. The van der Waals surface area contributed by atoms with E-state index in [1.54, 1.807) is 6.07 Å². The first kappa shape index (κ1) is 18.7. The average molecular weight is 356 g/mol. The summed E-state index contributed by atoms with van der Waals surface area (Å²) in [5.74, 6) is -0.603. The first-order valence-electron chi connectivity index (χ1n) is 8.04. The highest BCUT2D eigenvalue weighted by atomic mass is 35.5. The van der Waals surface area contributed by atoms with E-state index in [0.717, 1.165) is 12.8 Å². The van der Waals surface area contributed by atoms with Crippen LogP contribution in [0.3, 0.4) is 0 Å². The molecule has 5 nitrogen and oxygen atoms in total. The summed E-state index contributed by atoms with van der Waals surface area (Å²) in [6.07, 6.45) is 2.18. The van der Waals surface area contributed by atoms with E-state index in [1.165, 1.54) is 19.1 Å². The highest BCUT2D eigenvalue weighted by Gasteiger charge is 2.31. The Kier molecular flexibility index (Phi) is 6.57. The van der Waals surface area contributed by atoms with Gasteiger partial charge in [-0.2, -0.15) is 0 Å². The third kappa shape index (κ3) is 4.92. The quantitative estimate of drug-likeness (QED) is 0.821. The molecule has 0 unspecified atom stereocenters. The second-order valence-electron chi connectivity index (χ2n) is 6.17. The van der Waals surface area contributed by atoms with Crippen LogP contribution < -0.4 is 10.6 Å². The summed E-state index contributed by atoms with van der Waals surface area (Å²) in [7, 11) is 1.96. The second kappa shape index (κ2) is 8.44. The number of carbonyl (C=O) groups is 2. The van der Waals surface area contributed by atoms with Crippen molar-refractivity contribution in [3.05, 3.63) is 34.6 Å². The van der Waals surface area contributed by atoms with E-state index in [-0.39, 0.29) is 30.4 Å². The van der Waals surface area contributed by atoms with Gasteiger partial charge >= 0.3 is 0 Å². The van der Waals surface area contributed by atoms with Crippen LogP contribution in [0.5, 0.6) is 0 Å². The summed E-state index contributed by atoms with van der Waals surface area (Å²) < 4.78 is 13.7. The number of rotatable bonds is 6. The van der Waals surface area contributed by atoms with E-state index in [9.17, 15) is 14.0 Å². The SMILES string of the molecule is CC(=O)NC[C@H]1CC[C@@H](CC(=O)NCc2c(F)cccc2Cl)N1C. The zero-order valence-electron chi connectivity index (χ0n) is 13.9. The summed E-state index contributed by atoms with van der Waals surface area (Å²) in [6.45, 7) is 2.17. The van der Waals surface area contributed by atoms with E-state index < -0.39 is 5.82 Å². The molecule has 0 spiro atoms. The van der Waals surface area contributed by atoms with E-state index in [2.05, 4.69) is 15.5 Å². The molecule has 0 bridgehead atoms. The molecule has 1 fully saturated rings. The summed E-state index contributed by atoms with van der Waals surface area (Å²) in [4.78, 5) is 25.3. The molecule has 0 radical (unpaired) electrons. The Hall–Kier alpha value is -1.66. The number of benzene rings is 1. The van der Waals surface area contributed by atoms with Crippen molar-refractivity contribution in [1.29, 1.82) is 0 Å². The zero-order chi connectivity index (χ0) is 17.7. The third-order valence-electron chi connectivity index (χ3n) is 4.52. The molecule has 1 heterocycles. The number of carbonyl (C=O) groups excluding carboxylic acids is 2. The highest BCUT2D eigenvalue weighted by Crippen LogP contribution is 2.24. The van der Waals surface area contributed by atoms with Crippen molar-refractivity contribution >= 4 is 23.4 Å². The fourth-order valence-electron chi connectivity index (χ4n) is 3.02. The Morgan fingerprint density at radius 2 is 2.00 bits per heavy atom. The average Bonchev–Trinajstić information content (AvgIpc) is 2.85. The molecule has 0 saturated carbocycles. The molecular formula is C17H23ClFN3O2. The van der Waals surface area contributed by atoms with Gasteiger partial charge in [-0.1, -0.05) is 17.7 Å². The van der Waals surface area contributed by atoms with Crippen LogP contribution in [0, 0.1) is 5.82 Å². The molecule has 1 aromatic rings. The van der Waals surface area contributed by atoms with Gasteiger partial charge in [0.2, 0.25) is 11.8 Å². The normalized spacial score (nSPS) is 20.8. The molecule has 2 amide bonds. The topological polar surface area (TPSA) is 61.4 Å². The minimum Gasteiger partial charge on any atom is -0.355 e. The first-order chi connectivity index (χ1) is 11.4. The van der Waals surface area contributed by atoms with Crippen molar-refractivity contribution in [1.82, 2.24) is 15.5 Å². The van der Waals surface area contributed by atoms with Gasteiger partial charge in [-0.25, -0.2) is 4.39 Å². The summed E-state index contributed by atoms with van der Waals surface area (Å²) >= 11 is 5.95. The van der Waals surface area contributed by atoms with Gasteiger partial charge in [0.05, 0.1) is 0 Å². The van der Waals surface area contributed by atoms with Gasteiger partial charge in [0.25, 0.3) is 0 Å². The van der Waals surface area contributed by atoms with Gasteiger partial charge in [0, 0.05) is 49.1 Å². The number of amides is 2. The predicted molar refractivity (Wildman–Crippen MR) is 91.1 cm³/mol. The molecular weight excluding hydrogens is 333 g/mol. The summed E-state index contributed by atoms with van der Waals surface area (Å²) in [6, 6.07) is 4.83. The smallest absolute Gasteiger partial charge is 0.221 e. The molecule has 2 N–H and O–H groups in total. The number of nitrogens with one attached hydrogen (secondary N) is 2. The Bertz CT molecular complexity index is 591.